The monoisotopic (exact) mass is 264 g/mol. The summed E-state index contributed by atoms with van der Waals surface area (Å²) in [6.07, 6.45) is 1.39. The molecule has 0 aliphatic rings. The van der Waals surface area contributed by atoms with Crippen molar-refractivity contribution in [2.75, 3.05) is 7.11 Å². The molecule has 1 atom stereocenters. The van der Waals surface area contributed by atoms with E-state index in [0.717, 1.165) is 29.8 Å². The van der Waals surface area contributed by atoms with Crippen LogP contribution in [0.3, 0.4) is 0 Å². The Morgan fingerprint density at radius 1 is 1.44 bits per heavy atom. The summed E-state index contributed by atoms with van der Waals surface area (Å²) in [5, 5.41) is 0. The van der Waals surface area contributed by atoms with E-state index in [1.165, 1.54) is 0 Å². The Kier molecular flexibility index (Phi) is 4.45. The molecular weight excluding hydrogens is 247 g/mol. The van der Waals surface area contributed by atoms with Crippen molar-refractivity contribution in [3.05, 3.63) is 30.1 Å². The minimum atomic E-state index is 0.146. The summed E-state index contributed by atoms with van der Waals surface area (Å²) in [6.45, 7) is 1.28. The lowest BCUT2D eigenvalue weighted by Gasteiger charge is -2.07. The zero-order valence-electron chi connectivity index (χ0n) is 10.4. The molecular formula is C13H17N2O2P. The highest BCUT2D eigenvalue weighted by atomic mass is 31.0. The van der Waals surface area contributed by atoms with Crippen molar-refractivity contribution in [1.29, 1.82) is 0 Å². The first-order chi connectivity index (χ1) is 8.72. The molecule has 0 aliphatic carbocycles. The number of rotatable bonds is 6. The molecule has 18 heavy (non-hydrogen) atoms. The number of aromatic nitrogens is 2. The number of carbonyl (C=O) groups excluding carboxylic acids is 1. The van der Waals surface area contributed by atoms with Gasteiger partial charge in [-0.3, -0.25) is 4.79 Å². The number of carbonyl (C=O) groups is 1. The summed E-state index contributed by atoms with van der Waals surface area (Å²) in [6, 6.07) is 8.01. The van der Waals surface area contributed by atoms with Gasteiger partial charge < -0.3 is 9.30 Å². The fourth-order valence-corrected chi connectivity index (χ4v) is 2.23. The third-order valence-corrected chi connectivity index (χ3v) is 3.10. The van der Waals surface area contributed by atoms with Gasteiger partial charge in [0.1, 0.15) is 18.0 Å². The van der Waals surface area contributed by atoms with Gasteiger partial charge in [0.05, 0.1) is 11.0 Å². The number of aryl methyl sites for hydroxylation is 1. The summed E-state index contributed by atoms with van der Waals surface area (Å²) in [4.78, 5) is 15.5. The Morgan fingerprint density at radius 3 is 2.94 bits per heavy atom. The van der Waals surface area contributed by atoms with Gasteiger partial charge in [0.15, 0.2) is 0 Å². The summed E-state index contributed by atoms with van der Waals surface area (Å²) >= 11 is 0. The van der Waals surface area contributed by atoms with E-state index < -0.39 is 0 Å². The molecule has 4 nitrogen and oxygen atoms in total. The van der Waals surface area contributed by atoms with Crippen LogP contribution in [0.25, 0.3) is 11.0 Å². The molecule has 0 fully saturated rings. The van der Waals surface area contributed by atoms with Crippen molar-refractivity contribution < 1.29 is 9.53 Å². The van der Waals surface area contributed by atoms with E-state index in [9.17, 15) is 4.79 Å². The van der Waals surface area contributed by atoms with E-state index in [1.807, 2.05) is 24.3 Å². The van der Waals surface area contributed by atoms with Crippen LogP contribution in [-0.2, 0) is 22.7 Å². The second kappa shape index (κ2) is 6.07. The van der Waals surface area contributed by atoms with Gasteiger partial charge in [-0.25, -0.2) is 4.98 Å². The maximum Gasteiger partial charge on any atom is 0.148 e. The smallest absolute Gasteiger partial charge is 0.148 e. The molecule has 0 spiro atoms. The third kappa shape index (κ3) is 2.95. The standard InChI is InChI=1S/C13H17N2O2P/c1-17-9-12-14-10-5-2-3-6-11(10)15(12)8-4-7-13(16)18/h2-3,5-6H,4,7-9,18H2,1H3. The normalized spacial score (nSPS) is 11.0. The molecule has 2 rings (SSSR count). The van der Waals surface area contributed by atoms with Crippen LogP contribution in [0.4, 0.5) is 0 Å². The quantitative estimate of drug-likeness (QED) is 0.752. The molecule has 2 aromatic rings. The van der Waals surface area contributed by atoms with Crippen molar-refractivity contribution in [3.63, 3.8) is 0 Å². The van der Waals surface area contributed by atoms with Gasteiger partial charge in [-0.1, -0.05) is 21.4 Å². The molecule has 1 aromatic carbocycles. The number of hydrogen-bond donors (Lipinski definition) is 0. The lowest BCUT2D eigenvalue weighted by Crippen LogP contribution is -2.05. The number of benzene rings is 1. The Bertz CT molecular complexity index is 551. The predicted octanol–water partition coefficient (Wildman–Crippen LogP) is 2.36. The maximum atomic E-state index is 11.0. The van der Waals surface area contributed by atoms with E-state index in [4.69, 9.17) is 4.74 Å². The number of para-hydroxylation sites is 2. The highest BCUT2D eigenvalue weighted by Gasteiger charge is 2.09. The molecule has 1 heterocycles. The fraction of sp³-hybridized carbons (Fsp3) is 0.385. The van der Waals surface area contributed by atoms with Crippen molar-refractivity contribution in [2.24, 2.45) is 0 Å². The van der Waals surface area contributed by atoms with Crippen LogP contribution in [0.5, 0.6) is 0 Å². The number of methoxy groups -OCH3 is 1. The SMILES string of the molecule is COCc1nc2ccccc2n1CCCC(=O)P. The second-order valence-corrected chi connectivity index (χ2v) is 4.82. The maximum absolute atomic E-state index is 11.0. The van der Waals surface area contributed by atoms with Gasteiger partial charge in [0, 0.05) is 20.1 Å². The number of imidazole rings is 1. The first-order valence-electron chi connectivity index (χ1n) is 5.93. The molecule has 0 radical (unpaired) electrons. The average molecular weight is 264 g/mol. The van der Waals surface area contributed by atoms with Crippen LogP contribution in [0, 0.1) is 0 Å². The largest absolute Gasteiger partial charge is 0.377 e. The van der Waals surface area contributed by atoms with Gasteiger partial charge >= 0.3 is 0 Å². The van der Waals surface area contributed by atoms with Crippen molar-refractivity contribution in [2.45, 2.75) is 26.0 Å². The van der Waals surface area contributed by atoms with Crippen LogP contribution >= 0.6 is 9.24 Å². The molecule has 0 bridgehead atoms. The number of hydrogen-bond acceptors (Lipinski definition) is 3. The van der Waals surface area contributed by atoms with Gasteiger partial charge in [-0.05, 0) is 18.6 Å². The van der Waals surface area contributed by atoms with Crippen molar-refractivity contribution >= 4 is 25.8 Å². The number of fused-ring (bicyclic) bond motifs is 1. The predicted molar refractivity (Wildman–Crippen MR) is 74.4 cm³/mol. The van der Waals surface area contributed by atoms with E-state index >= 15 is 0 Å². The molecule has 0 saturated heterocycles. The van der Waals surface area contributed by atoms with Gasteiger partial charge in [0.25, 0.3) is 0 Å². The van der Waals surface area contributed by atoms with Crippen molar-refractivity contribution in [3.8, 4) is 0 Å². The highest BCUT2D eigenvalue weighted by Crippen LogP contribution is 2.17. The molecule has 1 unspecified atom stereocenters. The molecule has 96 valence electrons. The molecule has 0 saturated carbocycles. The van der Waals surface area contributed by atoms with Crippen LogP contribution in [0.2, 0.25) is 0 Å². The van der Waals surface area contributed by atoms with E-state index in [1.54, 1.807) is 7.11 Å². The van der Waals surface area contributed by atoms with Crippen LogP contribution in [0.15, 0.2) is 24.3 Å². The third-order valence-electron chi connectivity index (χ3n) is 2.81. The summed E-state index contributed by atoms with van der Waals surface area (Å²) in [7, 11) is 3.88. The summed E-state index contributed by atoms with van der Waals surface area (Å²) < 4.78 is 7.30. The minimum absolute atomic E-state index is 0.146. The number of ether oxygens (including phenoxy) is 1. The van der Waals surface area contributed by atoms with Crippen LogP contribution in [0.1, 0.15) is 18.7 Å². The number of nitrogens with zero attached hydrogens (tertiary/aromatic N) is 2. The van der Waals surface area contributed by atoms with E-state index in [2.05, 4.69) is 18.8 Å². The summed E-state index contributed by atoms with van der Waals surface area (Å²) in [5.74, 6) is 0.912. The first-order valence-corrected chi connectivity index (χ1v) is 6.51. The Morgan fingerprint density at radius 2 is 2.22 bits per heavy atom. The van der Waals surface area contributed by atoms with Crippen molar-refractivity contribution in [1.82, 2.24) is 9.55 Å². The Balaban J connectivity index is 2.26. The zero-order chi connectivity index (χ0) is 13.0. The van der Waals surface area contributed by atoms with Gasteiger partial charge in [-0.15, -0.1) is 0 Å². The zero-order valence-corrected chi connectivity index (χ0v) is 11.6. The lowest BCUT2D eigenvalue weighted by molar-refractivity contribution is -0.111. The second-order valence-electron chi connectivity index (χ2n) is 4.17. The van der Waals surface area contributed by atoms with Crippen LogP contribution in [-0.4, -0.2) is 22.2 Å². The minimum Gasteiger partial charge on any atom is -0.377 e. The topological polar surface area (TPSA) is 44.1 Å². The van der Waals surface area contributed by atoms with Gasteiger partial charge in [-0.2, -0.15) is 0 Å². The lowest BCUT2D eigenvalue weighted by atomic mass is 10.3. The van der Waals surface area contributed by atoms with E-state index in [0.29, 0.717) is 13.0 Å². The Hall–Kier alpha value is -1.25. The average Bonchev–Trinajstić information content (AvgIpc) is 2.68. The van der Waals surface area contributed by atoms with E-state index in [-0.39, 0.29) is 5.52 Å². The molecule has 0 amide bonds. The molecule has 1 aromatic heterocycles. The Labute approximate surface area is 109 Å². The highest BCUT2D eigenvalue weighted by molar-refractivity contribution is 7.40. The van der Waals surface area contributed by atoms with Gasteiger partial charge in [0.2, 0.25) is 0 Å². The van der Waals surface area contributed by atoms with Crippen LogP contribution < -0.4 is 0 Å². The molecule has 0 aliphatic heterocycles. The first kappa shape index (κ1) is 13.2. The summed E-state index contributed by atoms with van der Waals surface area (Å²) in [5.41, 5.74) is 2.22. The molecule has 0 N–H and O–H groups in total. The molecule has 5 heteroatoms. The fourth-order valence-electron chi connectivity index (χ4n) is 2.03.